The molecule has 2 aromatic rings. The highest BCUT2D eigenvalue weighted by Gasteiger charge is 2.29. The van der Waals surface area contributed by atoms with Crippen LogP contribution in [-0.2, 0) is 29.4 Å². The Kier molecular flexibility index (Phi) is 3.61. The summed E-state index contributed by atoms with van der Waals surface area (Å²) in [5, 5.41) is 0. The van der Waals surface area contributed by atoms with E-state index >= 15 is 0 Å². The van der Waals surface area contributed by atoms with Crippen LogP contribution in [0, 0.1) is 0 Å². The molecular formula is C18H19NO3. The molecule has 1 atom stereocenters. The van der Waals surface area contributed by atoms with Crippen LogP contribution >= 0.6 is 0 Å². The average molecular weight is 297 g/mol. The summed E-state index contributed by atoms with van der Waals surface area (Å²) in [6.07, 6.45) is 1.01. The first-order valence-electron chi connectivity index (χ1n) is 7.40. The molecule has 0 saturated carbocycles. The minimum Gasteiger partial charge on any atom is -0.469 e. The van der Waals surface area contributed by atoms with Crippen molar-refractivity contribution in [3.63, 3.8) is 0 Å². The summed E-state index contributed by atoms with van der Waals surface area (Å²) in [6.45, 7) is 2.12. The molecule has 3 rings (SSSR count). The molecule has 22 heavy (non-hydrogen) atoms. The molecule has 0 spiro atoms. The number of rotatable bonds is 2. The topological polar surface area (TPSA) is 48.3 Å². The quantitative estimate of drug-likeness (QED) is 0.801. The number of hydrogen-bond acceptors (Lipinski definition) is 3. The number of nitrogens with zero attached hydrogens (tertiary/aromatic N) is 1. The van der Waals surface area contributed by atoms with Gasteiger partial charge in [-0.3, -0.25) is 9.59 Å². The van der Waals surface area contributed by atoms with Gasteiger partial charge in [0.15, 0.2) is 0 Å². The highest BCUT2D eigenvalue weighted by molar-refractivity contribution is 6.10. The summed E-state index contributed by atoms with van der Waals surface area (Å²) in [4.78, 5) is 24.5. The summed E-state index contributed by atoms with van der Waals surface area (Å²) in [6, 6.07) is 9.74. The molecule has 4 nitrogen and oxygen atoms in total. The zero-order valence-corrected chi connectivity index (χ0v) is 13.1. The number of esters is 1. The van der Waals surface area contributed by atoms with Crippen LogP contribution in [0.25, 0.3) is 0 Å². The van der Waals surface area contributed by atoms with Crippen LogP contribution in [0.4, 0.5) is 0 Å². The molecule has 4 heteroatoms. The Morgan fingerprint density at radius 3 is 2.82 bits per heavy atom. The van der Waals surface area contributed by atoms with Crippen LogP contribution < -0.4 is 0 Å². The molecule has 0 saturated heterocycles. The third-order valence-corrected chi connectivity index (χ3v) is 4.45. The van der Waals surface area contributed by atoms with Crippen molar-refractivity contribution < 1.29 is 14.3 Å². The third kappa shape index (κ3) is 2.25. The second-order valence-corrected chi connectivity index (χ2v) is 5.84. The molecule has 0 bridgehead atoms. The fourth-order valence-electron chi connectivity index (χ4n) is 3.22. The summed E-state index contributed by atoms with van der Waals surface area (Å²) in [5.41, 5.74) is 4.38. The summed E-state index contributed by atoms with van der Waals surface area (Å²) < 4.78 is 6.58. The van der Waals surface area contributed by atoms with E-state index in [4.69, 9.17) is 4.74 Å². The van der Waals surface area contributed by atoms with Crippen LogP contribution in [0.3, 0.4) is 0 Å². The van der Waals surface area contributed by atoms with Crippen LogP contribution in [0.15, 0.2) is 30.3 Å². The zero-order valence-electron chi connectivity index (χ0n) is 13.1. The van der Waals surface area contributed by atoms with E-state index in [2.05, 4.69) is 6.92 Å². The highest BCUT2D eigenvalue weighted by atomic mass is 16.5. The van der Waals surface area contributed by atoms with Gasteiger partial charge in [-0.15, -0.1) is 0 Å². The maximum Gasteiger partial charge on any atom is 0.311 e. The van der Waals surface area contributed by atoms with Crippen LogP contribution in [-0.4, -0.2) is 23.4 Å². The fraction of sp³-hybridized carbons (Fsp3) is 0.333. The molecule has 0 amide bonds. The van der Waals surface area contributed by atoms with E-state index in [1.54, 1.807) is 0 Å². The first-order valence-corrected chi connectivity index (χ1v) is 7.40. The van der Waals surface area contributed by atoms with Crippen molar-refractivity contribution >= 4 is 11.8 Å². The van der Waals surface area contributed by atoms with Crippen LogP contribution in [0.5, 0.6) is 0 Å². The molecule has 114 valence electrons. The summed E-state index contributed by atoms with van der Waals surface area (Å²) in [5.74, 6) is -0.0231. The van der Waals surface area contributed by atoms with Gasteiger partial charge in [0.05, 0.1) is 19.2 Å². The number of benzene rings is 1. The van der Waals surface area contributed by atoms with Crippen molar-refractivity contribution in [2.45, 2.75) is 25.7 Å². The van der Waals surface area contributed by atoms with Crippen LogP contribution in [0.1, 0.15) is 45.7 Å². The normalized spacial score (nSPS) is 16.7. The van der Waals surface area contributed by atoms with E-state index in [1.807, 2.05) is 41.9 Å². The van der Waals surface area contributed by atoms with Crippen molar-refractivity contribution in [2.24, 2.45) is 7.05 Å². The average Bonchev–Trinajstić information content (AvgIpc) is 2.78. The fourth-order valence-corrected chi connectivity index (χ4v) is 3.22. The first-order chi connectivity index (χ1) is 10.5. The van der Waals surface area contributed by atoms with Crippen molar-refractivity contribution in [3.8, 4) is 0 Å². The number of fused-ring (bicyclic) bond motifs is 2. The highest BCUT2D eigenvalue weighted by Crippen LogP contribution is 2.33. The van der Waals surface area contributed by atoms with Crippen LogP contribution in [0.2, 0.25) is 0 Å². The number of ether oxygens (including phenoxy) is 1. The van der Waals surface area contributed by atoms with E-state index in [0.29, 0.717) is 5.69 Å². The van der Waals surface area contributed by atoms with Gasteiger partial charge in [0.2, 0.25) is 5.78 Å². The standard InChI is InChI=1S/C18H19NO3/c1-11-8-12-6-4-5-7-14(12)18(21)17-15(11)9-13(19(17)2)10-16(20)22-3/h4-7,9,11H,8,10H2,1-3H3. The lowest BCUT2D eigenvalue weighted by Crippen LogP contribution is -2.13. The Morgan fingerprint density at radius 1 is 1.36 bits per heavy atom. The Labute approximate surface area is 129 Å². The third-order valence-electron chi connectivity index (χ3n) is 4.45. The lowest BCUT2D eigenvalue weighted by Gasteiger charge is -2.08. The van der Waals surface area contributed by atoms with Gasteiger partial charge in [-0.1, -0.05) is 31.2 Å². The maximum atomic E-state index is 12.9. The maximum absolute atomic E-state index is 12.9. The van der Waals surface area contributed by atoms with E-state index < -0.39 is 0 Å². The van der Waals surface area contributed by atoms with E-state index in [0.717, 1.165) is 28.8 Å². The molecule has 0 aliphatic heterocycles. The number of ketones is 1. The predicted octanol–water partition coefficient (Wildman–Crippen LogP) is 2.63. The Bertz CT molecular complexity index is 758. The second-order valence-electron chi connectivity index (χ2n) is 5.84. The number of hydrogen-bond donors (Lipinski definition) is 0. The van der Waals surface area contributed by atoms with Gasteiger partial charge in [-0.2, -0.15) is 0 Å². The Balaban J connectivity index is 2.13. The molecule has 0 fully saturated rings. The van der Waals surface area contributed by atoms with Crippen molar-refractivity contribution in [1.29, 1.82) is 0 Å². The number of carbonyl (C=O) groups excluding carboxylic acids is 2. The van der Waals surface area contributed by atoms with E-state index in [-0.39, 0.29) is 24.1 Å². The molecule has 1 unspecified atom stereocenters. The van der Waals surface area contributed by atoms with Gasteiger partial charge in [-0.25, -0.2) is 0 Å². The van der Waals surface area contributed by atoms with Gasteiger partial charge in [-0.05, 0) is 29.5 Å². The molecule has 1 heterocycles. The van der Waals surface area contributed by atoms with E-state index in [9.17, 15) is 9.59 Å². The molecular weight excluding hydrogens is 278 g/mol. The van der Waals surface area contributed by atoms with Crippen molar-refractivity contribution in [3.05, 3.63) is 58.4 Å². The first kappa shape index (κ1) is 14.6. The molecule has 0 N–H and O–H groups in total. The van der Waals surface area contributed by atoms with Gasteiger partial charge >= 0.3 is 5.97 Å². The smallest absolute Gasteiger partial charge is 0.311 e. The largest absolute Gasteiger partial charge is 0.469 e. The predicted molar refractivity (Wildman–Crippen MR) is 83.1 cm³/mol. The number of methoxy groups -OCH3 is 1. The van der Waals surface area contributed by atoms with E-state index in [1.165, 1.54) is 7.11 Å². The van der Waals surface area contributed by atoms with Gasteiger partial charge in [0.1, 0.15) is 0 Å². The lowest BCUT2D eigenvalue weighted by molar-refractivity contribution is -0.139. The summed E-state index contributed by atoms with van der Waals surface area (Å²) >= 11 is 0. The monoisotopic (exact) mass is 297 g/mol. The van der Waals surface area contributed by atoms with Crippen molar-refractivity contribution in [1.82, 2.24) is 4.57 Å². The number of carbonyl (C=O) groups is 2. The second kappa shape index (κ2) is 5.44. The zero-order chi connectivity index (χ0) is 15.9. The molecule has 1 aliphatic carbocycles. The minimum absolute atomic E-state index is 0.0357. The molecule has 1 aromatic heterocycles. The Morgan fingerprint density at radius 2 is 2.09 bits per heavy atom. The minimum atomic E-state index is -0.295. The molecule has 1 aliphatic rings. The molecule has 0 radical (unpaired) electrons. The van der Waals surface area contributed by atoms with Crippen molar-refractivity contribution in [2.75, 3.05) is 7.11 Å². The lowest BCUT2D eigenvalue weighted by atomic mass is 9.95. The van der Waals surface area contributed by atoms with Gasteiger partial charge in [0, 0.05) is 18.3 Å². The van der Waals surface area contributed by atoms with Gasteiger partial charge < -0.3 is 9.30 Å². The Hall–Kier alpha value is -2.36. The summed E-state index contributed by atoms with van der Waals surface area (Å²) in [7, 11) is 3.22. The SMILES string of the molecule is COC(=O)Cc1cc2c(n1C)C(=O)c1ccccc1CC2C. The van der Waals surface area contributed by atoms with Gasteiger partial charge in [0.25, 0.3) is 0 Å². The number of aromatic nitrogens is 1. The molecule has 1 aromatic carbocycles.